The number of nitrogens with zero attached hydrogens (tertiary/aromatic N) is 1. The molecule has 3 heteroatoms. The maximum Gasteiger partial charge on any atom is 0.0641 e. The highest BCUT2D eigenvalue weighted by molar-refractivity contribution is 4.87. The lowest BCUT2D eigenvalue weighted by atomic mass is 9.88. The van der Waals surface area contributed by atoms with Gasteiger partial charge in [0.2, 0.25) is 0 Å². The van der Waals surface area contributed by atoms with Gasteiger partial charge in [-0.15, -0.1) is 0 Å². The molecule has 0 aliphatic carbocycles. The maximum atomic E-state index is 5.81. The number of hydrogen-bond donors (Lipinski definition) is 1. The molecule has 0 aromatic rings. The van der Waals surface area contributed by atoms with Gasteiger partial charge in [-0.3, -0.25) is 0 Å². The van der Waals surface area contributed by atoms with Crippen molar-refractivity contribution in [2.24, 2.45) is 5.92 Å². The molecule has 0 aromatic carbocycles. The summed E-state index contributed by atoms with van der Waals surface area (Å²) in [6, 6.07) is 1.27. The Balaban J connectivity index is 1.81. The number of nitrogens with one attached hydrogen (secondary N) is 1. The summed E-state index contributed by atoms with van der Waals surface area (Å²) in [6.45, 7) is 13.8. The van der Waals surface area contributed by atoms with E-state index in [9.17, 15) is 0 Å². The van der Waals surface area contributed by atoms with Crippen LogP contribution in [0.25, 0.3) is 0 Å². The van der Waals surface area contributed by atoms with E-state index in [1.165, 1.54) is 32.5 Å². The van der Waals surface area contributed by atoms with Gasteiger partial charge in [0, 0.05) is 25.2 Å². The highest BCUT2D eigenvalue weighted by Crippen LogP contribution is 2.26. The first-order valence-corrected chi connectivity index (χ1v) is 8.12. The molecule has 2 heterocycles. The van der Waals surface area contributed by atoms with E-state index >= 15 is 0 Å². The number of piperidine rings is 1. The molecule has 2 saturated heterocycles. The van der Waals surface area contributed by atoms with Crippen LogP contribution in [0.3, 0.4) is 0 Å². The Morgan fingerprint density at radius 1 is 1.37 bits per heavy atom. The molecule has 112 valence electrons. The third kappa shape index (κ3) is 4.44. The highest BCUT2D eigenvalue weighted by atomic mass is 16.5. The molecule has 3 nitrogen and oxygen atoms in total. The average Bonchev–Trinajstić information content (AvgIpc) is 2.37. The third-order valence-corrected chi connectivity index (χ3v) is 4.89. The molecule has 3 atom stereocenters. The van der Waals surface area contributed by atoms with E-state index in [0.29, 0.717) is 12.1 Å². The van der Waals surface area contributed by atoms with E-state index in [0.717, 1.165) is 25.4 Å². The Morgan fingerprint density at radius 3 is 2.84 bits per heavy atom. The molecule has 2 rings (SSSR count). The largest absolute Gasteiger partial charge is 0.375 e. The van der Waals surface area contributed by atoms with Crippen molar-refractivity contribution in [1.29, 1.82) is 0 Å². The molecule has 0 spiro atoms. The summed E-state index contributed by atoms with van der Waals surface area (Å²) in [5.74, 6) is 0.819. The monoisotopic (exact) mass is 268 g/mol. The van der Waals surface area contributed by atoms with Gasteiger partial charge < -0.3 is 15.0 Å². The highest BCUT2D eigenvalue weighted by Gasteiger charge is 2.31. The molecule has 1 N–H and O–H groups in total. The molecule has 2 aliphatic heterocycles. The van der Waals surface area contributed by atoms with Crippen LogP contribution in [0, 0.1) is 5.92 Å². The van der Waals surface area contributed by atoms with Crippen molar-refractivity contribution < 1.29 is 4.74 Å². The van der Waals surface area contributed by atoms with Gasteiger partial charge in [-0.05, 0) is 65.5 Å². The second-order valence-electron chi connectivity index (χ2n) is 7.05. The van der Waals surface area contributed by atoms with E-state index in [2.05, 4.69) is 37.9 Å². The van der Waals surface area contributed by atoms with Crippen molar-refractivity contribution in [1.82, 2.24) is 10.2 Å². The number of hydrogen-bond acceptors (Lipinski definition) is 3. The van der Waals surface area contributed by atoms with Crippen LogP contribution in [-0.4, -0.2) is 48.8 Å². The molecular formula is C16H32N2O. The van der Waals surface area contributed by atoms with E-state index in [1.54, 1.807) is 0 Å². The Hall–Kier alpha value is -0.120. The quantitative estimate of drug-likeness (QED) is 0.848. The van der Waals surface area contributed by atoms with Gasteiger partial charge in [0.25, 0.3) is 0 Å². The minimum atomic E-state index is 0.0532. The predicted octanol–water partition coefficient (Wildman–Crippen LogP) is 2.65. The zero-order valence-corrected chi connectivity index (χ0v) is 13.2. The molecule has 19 heavy (non-hydrogen) atoms. The first kappa shape index (κ1) is 15.3. The van der Waals surface area contributed by atoms with Crippen LogP contribution in [-0.2, 0) is 4.74 Å². The first-order valence-electron chi connectivity index (χ1n) is 8.12. The van der Waals surface area contributed by atoms with Crippen LogP contribution in [0.15, 0.2) is 0 Å². The minimum Gasteiger partial charge on any atom is -0.375 e. The lowest BCUT2D eigenvalue weighted by Gasteiger charge is -2.40. The van der Waals surface area contributed by atoms with Crippen molar-refractivity contribution in [3.05, 3.63) is 0 Å². The van der Waals surface area contributed by atoms with Gasteiger partial charge in [-0.1, -0.05) is 6.92 Å². The second kappa shape index (κ2) is 6.55. The Morgan fingerprint density at radius 2 is 2.16 bits per heavy atom. The summed E-state index contributed by atoms with van der Waals surface area (Å²) < 4.78 is 5.81. The van der Waals surface area contributed by atoms with Gasteiger partial charge in [-0.25, -0.2) is 0 Å². The molecular weight excluding hydrogens is 236 g/mol. The standard InChI is InChI=1S/C16H32N2O/c1-5-18-9-6-7-14(12-18)13(2)17-15-8-10-19-16(3,4)11-15/h13-15,17H,5-12H2,1-4H3. The van der Waals surface area contributed by atoms with E-state index in [1.807, 2.05) is 0 Å². The second-order valence-corrected chi connectivity index (χ2v) is 7.05. The van der Waals surface area contributed by atoms with Crippen LogP contribution < -0.4 is 5.32 Å². The smallest absolute Gasteiger partial charge is 0.0641 e. The van der Waals surface area contributed by atoms with E-state index in [4.69, 9.17) is 4.74 Å². The van der Waals surface area contributed by atoms with Gasteiger partial charge in [0.15, 0.2) is 0 Å². The summed E-state index contributed by atoms with van der Waals surface area (Å²) in [5, 5.41) is 3.88. The molecule has 0 radical (unpaired) electrons. The van der Waals surface area contributed by atoms with Crippen molar-refractivity contribution in [2.75, 3.05) is 26.2 Å². The first-order chi connectivity index (χ1) is 9.00. The van der Waals surface area contributed by atoms with Crippen LogP contribution in [0.5, 0.6) is 0 Å². The van der Waals surface area contributed by atoms with Crippen molar-refractivity contribution >= 4 is 0 Å². The van der Waals surface area contributed by atoms with Crippen molar-refractivity contribution in [3.8, 4) is 0 Å². The van der Waals surface area contributed by atoms with Gasteiger partial charge >= 0.3 is 0 Å². The Kier molecular flexibility index (Phi) is 5.27. The summed E-state index contributed by atoms with van der Waals surface area (Å²) in [4.78, 5) is 2.60. The number of ether oxygens (including phenoxy) is 1. The van der Waals surface area contributed by atoms with E-state index in [-0.39, 0.29) is 5.60 Å². The lowest BCUT2D eigenvalue weighted by molar-refractivity contribution is -0.0651. The lowest BCUT2D eigenvalue weighted by Crippen LogP contribution is -2.51. The zero-order chi connectivity index (χ0) is 13.9. The van der Waals surface area contributed by atoms with Gasteiger partial charge in [-0.2, -0.15) is 0 Å². The van der Waals surface area contributed by atoms with Gasteiger partial charge in [0.05, 0.1) is 5.60 Å². The normalized spacial score (nSPS) is 34.1. The summed E-state index contributed by atoms with van der Waals surface area (Å²) >= 11 is 0. The summed E-state index contributed by atoms with van der Waals surface area (Å²) in [7, 11) is 0. The molecule has 0 saturated carbocycles. The van der Waals surface area contributed by atoms with Crippen LogP contribution in [0.4, 0.5) is 0 Å². The minimum absolute atomic E-state index is 0.0532. The molecule has 3 unspecified atom stereocenters. The van der Waals surface area contributed by atoms with Crippen LogP contribution in [0.1, 0.15) is 53.4 Å². The van der Waals surface area contributed by atoms with Crippen molar-refractivity contribution in [2.45, 2.75) is 71.1 Å². The fourth-order valence-corrected chi connectivity index (χ4v) is 3.67. The van der Waals surface area contributed by atoms with Crippen molar-refractivity contribution in [3.63, 3.8) is 0 Å². The molecule has 0 aromatic heterocycles. The van der Waals surface area contributed by atoms with Crippen LogP contribution >= 0.6 is 0 Å². The molecule has 2 fully saturated rings. The molecule has 0 amide bonds. The summed E-state index contributed by atoms with van der Waals surface area (Å²) in [5.41, 5.74) is 0.0532. The number of likely N-dealkylation sites (tertiary alicyclic amines) is 1. The van der Waals surface area contributed by atoms with Crippen LogP contribution in [0.2, 0.25) is 0 Å². The number of rotatable bonds is 4. The maximum absolute atomic E-state index is 5.81. The fraction of sp³-hybridized carbons (Fsp3) is 1.00. The topological polar surface area (TPSA) is 24.5 Å². The SMILES string of the molecule is CCN1CCCC(C(C)NC2CCOC(C)(C)C2)C1. The molecule has 2 aliphatic rings. The average molecular weight is 268 g/mol. The predicted molar refractivity (Wildman–Crippen MR) is 80.5 cm³/mol. The van der Waals surface area contributed by atoms with Gasteiger partial charge in [0.1, 0.15) is 0 Å². The molecule has 0 bridgehead atoms. The Labute approximate surface area is 119 Å². The van der Waals surface area contributed by atoms with E-state index < -0.39 is 0 Å². The third-order valence-electron chi connectivity index (χ3n) is 4.89. The summed E-state index contributed by atoms with van der Waals surface area (Å²) in [6.07, 6.45) is 5.06. The fourth-order valence-electron chi connectivity index (χ4n) is 3.67. The Bertz CT molecular complexity index is 280. The zero-order valence-electron chi connectivity index (χ0n) is 13.2.